The Morgan fingerprint density at radius 2 is 1.85 bits per heavy atom. The molecule has 0 aliphatic carbocycles. The molecule has 1 saturated heterocycles. The van der Waals surface area contributed by atoms with Crippen molar-refractivity contribution in [2.45, 2.75) is 6.42 Å². The van der Waals surface area contributed by atoms with Crippen molar-refractivity contribution in [2.24, 2.45) is 0 Å². The number of rotatable bonds is 3. The standard InChI is InChI=1S/C20H17N3O2S/c1-25-15-9-7-14(8-10-15)23-18(24)11-16(19(23)21)20-22-17(12-26-20)13-5-3-2-4-6-13/h2-10,12,21-22H,11H2,1H3/b20-16+,21-19?. The summed E-state index contributed by atoms with van der Waals surface area (Å²) in [5.74, 6) is 0.839. The quantitative estimate of drug-likeness (QED) is 0.866. The van der Waals surface area contributed by atoms with Crippen molar-refractivity contribution in [3.05, 3.63) is 76.2 Å². The number of nitrogens with zero attached hydrogens (tertiary/aromatic N) is 1. The highest BCUT2D eigenvalue weighted by atomic mass is 32.2. The minimum absolute atomic E-state index is 0.0989. The van der Waals surface area contributed by atoms with Crippen molar-refractivity contribution in [3.63, 3.8) is 0 Å². The van der Waals surface area contributed by atoms with E-state index < -0.39 is 0 Å². The Morgan fingerprint density at radius 1 is 1.12 bits per heavy atom. The van der Waals surface area contributed by atoms with Crippen molar-refractivity contribution >= 4 is 34.9 Å². The van der Waals surface area contributed by atoms with Crippen molar-refractivity contribution in [1.82, 2.24) is 5.32 Å². The van der Waals surface area contributed by atoms with Crippen LogP contribution >= 0.6 is 11.8 Å². The molecule has 2 aromatic carbocycles. The van der Waals surface area contributed by atoms with Crippen LogP contribution in [-0.2, 0) is 4.79 Å². The van der Waals surface area contributed by atoms with E-state index in [0.717, 1.165) is 27.6 Å². The second-order valence-corrected chi connectivity index (χ2v) is 6.78. The maximum absolute atomic E-state index is 12.5. The number of methoxy groups -OCH3 is 1. The largest absolute Gasteiger partial charge is 0.497 e. The second kappa shape index (κ2) is 6.72. The number of ether oxygens (including phenoxy) is 1. The number of amidine groups is 1. The molecule has 6 heteroatoms. The second-order valence-electron chi connectivity index (χ2n) is 5.90. The fourth-order valence-electron chi connectivity index (χ4n) is 2.97. The summed E-state index contributed by atoms with van der Waals surface area (Å²) in [6, 6.07) is 17.2. The molecule has 2 heterocycles. The van der Waals surface area contributed by atoms with E-state index in [1.807, 2.05) is 35.7 Å². The monoisotopic (exact) mass is 363 g/mol. The molecule has 130 valence electrons. The number of carbonyl (C=O) groups excluding carboxylic acids is 1. The van der Waals surface area contributed by atoms with Crippen molar-refractivity contribution < 1.29 is 9.53 Å². The highest BCUT2D eigenvalue weighted by Gasteiger charge is 2.35. The summed E-state index contributed by atoms with van der Waals surface area (Å²) in [5, 5.41) is 14.7. The summed E-state index contributed by atoms with van der Waals surface area (Å²) >= 11 is 1.52. The molecule has 0 unspecified atom stereocenters. The summed E-state index contributed by atoms with van der Waals surface area (Å²) in [5.41, 5.74) is 3.47. The van der Waals surface area contributed by atoms with Crippen LogP contribution in [-0.4, -0.2) is 18.9 Å². The van der Waals surface area contributed by atoms with Gasteiger partial charge in [0, 0.05) is 11.0 Å². The Hall–Kier alpha value is -2.99. The van der Waals surface area contributed by atoms with Gasteiger partial charge in [-0.3, -0.25) is 15.1 Å². The Bertz CT molecular complexity index is 933. The van der Waals surface area contributed by atoms with Gasteiger partial charge >= 0.3 is 0 Å². The third-order valence-corrected chi connectivity index (χ3v) is 5.26. The minimum atomic E-state index is -0.0989. The van der Waals surface area contributed by atoms with Crippen LogP contribution in [0.2, 0.25) is 0 Å². The van der Waals surface area contributed by atoms with Crippen LogP contribution in [0.5, 0.6) is 5.75 Å². The number of thioether (sulfide) groups is 1. The maximum atomic E-state index is 12.5. The molecule has 0 spiro atoms. The van der Waals surface area contributed by atoms with Crippen LogP contribution in [0.3, 0.4) is 0 Å². The Morgan fingerprint density at radius 3 is 2.54 bits per heavy atom. The lowest BCUT2D eigenvalue weighted by Gasteiger charge is -2.16. The van der Waals surface area contributed by atoms with Gasteiger partial charge in [-0.2, -0.15) is 0 Å². The van der Waals surface area contributed by atoms with Crippen LogP contribution in [0.4, 0.5) is 5.69 Å². The molecule has 26 heavy (non-hydrogen) atoms. The van der Waals surface area contributed by atoms with Crippen molar-refractivity contribution in [1.29, 1.82) is 5.41 Å². The van der Waals surface area contributed by atoms with Crippen molar-refractivity contribution in [3.8, 4) is 5.75 Å². The van der Waals surface area contributed by atoms with Crippen LogP contribution in [0, 0.1) is 5.41 Å². The first-order valence-corrected chi connectivity index (χ1v) is 9.03. The molecular formula is C20H17N3O2S. The number of nitrogens with one attached hydrogen (secondary N) is 2. The highest BCUT2D eigenvalue weighted by molar-refractivity contribution is 8.06. The molecule has 0 radical (unpaired) electrons. The Labute approximate surface area is 155 Å². The van der Waals surface area contributed by atoms with E-state index in [0.29, 0.717) is 5.69 Å². The van der Waals surface area contributed by atoms with E-state index in [2.05, 4.69) is 5.32 Å². The Balaban J connectivity index is 1.58. The molecule has 5 nitrogen and oxygen atoms in total. The molecule has 2 aliphatic heterocycles. The van der Waals surface area contributed by atoms with Gasteiger partial charge < -0.3 is 10.1 Å². The number of anilines is 1. The van der Waals surface area contributed by atoms with E-state index in [1.54, 1.807) is 31.4 Å². The number of amides is 1. The molecule has 1 amide bonds. The lowest BCUT2D eigenvalue weighted by Crippen LogP contribution is -2.28. The predicted octanol–water partition coefficient (Wildman–Crippen LogP) is 3.96. The number of benzene rings is 2. The number of carbonyl (C=O) groups is 1. The SMILES string of the molecule is COc1ccc(N2C(=N)/C(=C3\NC(c4ccccc4)=CS3)CC2=O)cc1. The van der Waals surface area contributed by atoms with E-state index >= 15 is 0 Å². The normalized spacial score (nSPS) is 19.6. The molecule has 2 aromatic rings. The van der Waals surface area contributed by atoms with Gasteiger partial charge in [-0.15, -0.1) is 0 Å². The summed E-state index contributed by atoms with van der Waals surface area (Å²) in [6.07, 6.45) is 0.218. The average molecular weight is 363 g/mol. The first kappa shape index (κ1) is 16.5. The molecule has 0 atom stereocenters. The van der Waals surface area contributed by atoms with E-state index in [9.17, 15) is 4.79 Å². The average Bonchev–Trinajstić information content (AvgIpc) is 3.27. The van der Waals surface area contributed by atoms with E-state index in [-0.39, 0.29) is 18.2 Å². The van der Waals surface area contributed by atoms with Gasteiger partial charge in [0.2, 0.25) is 5.91 Å². The molecule has 0 aromatic heterocycles. The molecule has 0 saturated carbocycles. The third-order valence-electron chi connectivity index (χ3n) is 4.32. The van der Waals surface area contributed by atoms with Gasteiger partial charge in [0.1, 0.15) is 11.6 Å². The summed E-state index contributed by atoms with van der Waals surface area (Å²) < 4.78 is 5.16. The smallest absolute Gasteiger partial charge is 0.237 e. The zero-order valence-electron chi connectivity index (χ0n) is 14.2. The predicted molar refractivity (Wildman–Crippen MR) is 105 cm³/mol. The molecule has 1 fully saturated rings. The maximum Gasteiger partial charge on any atom is 0.237 e. The molecule has 2 aliphatic rings. The molecule has 4 rings (SSSR count). The zero-order chi connectivity index (χ0) is 18.1. The molecular weight excluding hydrogens is 346 g/mol. The number of hydrogen-bond donors (Lipinski definition) is 2. The summed E-state index contributed by atoms with van der Waals surface area (Å²) in [6.45, 7) is 0. The van der Waals surface area contributed by atoms with Gasteiger partial charge in [-0.05, 0) is 29.8 Å². The molecule has 0 bridgehead atoms. The third kappa shape index (κ3) is 2.88. The molecule has 2 N–H and O–H groups in total. The summed E-state index contributed by atoms with van der Waals surface area (Å²) in [4.78, 5) is 14.0. The van der Waals surface area contributed by atoms with Crippen LogP contribution in [0.1, 0.15) is 12.0 Å². The van der Waals surface area contributed by atoms with Gasteiger partial charge in [0.15, 0.2) is 0 Å². The van der Waals surface area contributed by atoms with Crippen LogP contribution < -0.4 is 15.0 Å². The van der Waals surface area contributed by atoms with Crippen LogP contribution in [0.25, 0.3) is 5.70 Å². The first-order valence-electron chi connectivity index (χ1n) is 8.15. The van der Waals surface area contributed by atoms with E-state index in [1.165, 1.54) is 16.7 Å². The topological polar surface area (TPSA) is 65.4 Å². The number of hydrogen-bond acceptors (Lipinski definition) is 5. The minimum Gasteiger partial charge on any atom is -0.497 e. The van der Waals surface area contributed by atoms with Gasteiger partial charge in [-0.1, -0.05) is 42.1 Å². The fourth-order valence-corrected chi connectivity index (χ4v) is 3.88. The lowest BCUT2D eigenvalue weighted by atomic mass is 10.2. The summed E-state index contributed by atoms with van der Waals surface area (Å²) in [7, 11) is 1.60. The van der Waals surface area contributed by atoms with Crippen molar-refractivity contribution in [2.75, 3.05) is 12.0 Å². The van der Waals surface area contributed by atoms with Gasteiger partial charge in [-0.25, -0.2) is 0 Å². The van der Waals surface area contributed by atoms with E-state index in [4.69, 9.17) is 10.1 Å². The lowest BCUT2D eigenvalue weighted by molar-refractivity contribution is -0.116. The van der Waals surface area contributed by atoms with Gasteiger partial charge in [0.25, 0.3) is 0 Å². The fraction of sp³-hybridized carbons (Fsp3) is 0.100. The zero-order valence-corrected chi connectivity index (χ0v) is 15.0. The van der Waals surface area contributed by atoms with Crippen LogP contribution in [0.15, 0.2) is 70.6 Å². The van der Waals surface area contributed by atoms with Gasteiger partial charge in [0.05, 0.1) is 29.9 Å². The first-order chi connectivity index (χ1) is 12.7. The Kier molecular flexibility index (Phi) is 4.26. The highest BCUT2D eigenvalue weighted by Crippen LogP contribution is 2.37.